The summed E-state index contributed by atoms with van der Waals surface area (Å²) in [6.45, 7) is 1.97. The zero-order chi connectivity index (χ0) is 10.9. The molecule has 0 unspecified atom stereocenters. The average Bonchev–Trinajstić information content (AvgIpc) is 2.26. The summed E-state index contributed by atoms with van der Waals surface area (Å²) in [5, 5.41) is 3.86. The molecular weight excluding hydrogens is 188 g/mol. The van der Waals surface area contributed by atoms with E-state index in [1.165, 1.54) is 5.56 Å². The highest BCUT2D eigenvalue weighted by molar-refractivity contribution is 5.76. The molecule has 0 heterocycles. The highest BCUT2D eigenvalue weighted by Crippen LogP contribution is 1.97. The Kier molecular flexibility index (Phi) is 5.15. The molecule has 1 N–H and O–H groups in total. The van der Waals surface area contributed by atoms with Gasteiger partial charge in [0, 0.05) is 19.1 Å². The second-order valence-electron chi connectivity index (χ2n) is 3.29. The summed E-state index contributed by atoms with van der Waals surface area (Å²) < 4.78 is 0. The van der Waals surface area contributed by atoms with Crippen molar-refractivity contribution in [2.45, 2.75) is 26.2 Å². The smallest absolute Gasteiger partial charge is 0.240 e. The number of amides is 1. The monoisotopic (exact) mass is 204 g/mol. The Morgan fingerprint density at radius 3 is 2.80 bits per heavy atom. The molecule has 15 heavy (non-hydrogen) atoms. The highest BCUT2D eigenvalue weighted by Gasteiger charge is 1.94. The number of nitrogens with one attached hydrogen (secondary N) is 1. The van der Waals surface area contributed by atoms with Crippen LogP contribution in [0.2, 0.25) is 0 Å². The maximum absolute atomic E-state index is 11.0. The molecule has 1 aromatic rings. The first kappa shape index (κ1) is 11.4. The Hall–Kier alpha value is -1.64. The summed E-state index contributed by atoms with van der Waals surface area (Å²) in [5.74, 6) is -0.0261. The summed E-state index contributed by atoms with van der Waals surface area (Å²) in [4.78, 5) is 11.0. The molecular formula is C12H16N2O. The lowest BCUT2D eigenvalue weighted by molar-refractivity contribution is -0.121. The molecule has 1 aromatic carbocycles. The first-order chi connectivity index (χ1) is 7.33. The van der Waals surface area contributed by atoms with Gasteiger partial charge in [-0.15, -0.1) is 0 Å². The van der Waals surface area contributed by atoms with E-state index in [-0.39, 0.29) is 5.91 Å². The molecule has 0 saturated carbocycles. The molecule has 1 rings (SSSR count). The van der Waals surface area contributed by atoms with Crippen LogP contribution in [0.1, 0.15) is 25.3 Å². The van der Waals surface area contributed by atoms with E-state index in [4.69, 9.17) is 0 Å². The van der Waals surface area contributed by atoms with Gasteiger partial charge in [0.25, 0.3) is 0 Å². The minimum absolute atomic E-state index is 0.0261. The Labute approximate surface area is 90.2 Å². The quantitative estimate of drug-likeness (QED) is 0.579. The van der Waals surface area contributed by atoms with Gasteiger partial charge in [0.15, 0.2) is 0 Å². The van der Waals surface area contributed by atoms with E-state index in [9.17, 15) is 4.79 Å². The van der Waals surface area contributed by atoms with Gasteiger partial charge in [0.1, 0.15) is 0 Å². The molecule has 0 bridgehead atoms. The van der Waals surface area contributed by atoms with Crippen LogP contribution in [-0.4, -0.2) is 12.1 Å². The Morgan fingerprint density at radius 2 is 2.13 bits per heavy atom. The van der Waals surface area contributed by atoms with Crippen molar-refractivity contribution in [3.63, 3.8) is 0 Å². The summed E-state index contributed by atoms with van der Waals surface area (Å²) >= 11 is 0. The minimum Gasteiger partial charge on any atom is -0.273 e. The predicted molar refractivity (Wildman–Crippen MR) is 61.7 cm³/mol. The maximum Gasteiger partial charge on any atom is 0.240 e. The number of benzene rings is 1. The van der Waals surface area contributed by atoms with Gasteiger partial charge in [-0.2, -0.15) is 5.10 Å². The number of rotatable bonds is 5. The molecule has 0 aliphatic heterocycles. The molecule has 0 atom stereocenters. The van der Waals surface area contributed by atoms with Crippen molar-refractivity contribution in [3.05, 3.63) is 35.9 Å². The first-order valence-electron chi connectivity index (χ1n) is 5.17. The summed E-state index contributed by atoms with van der Waals surface area (Å²) in [6, 6.07) is 10.0. The van der Waals surface area contributed by atoms with Crippen LogP contribution >= 0.6 is 0 Å². The number of hydrogen-bond donors (Lipinski definition) is 1. The molecule has 0 spiro atoms. The molecule has 80 valence electrons. The standard InChI is InChI=1S/C12H16N2O/c1-2-6-12(15)14-13-10-9-11-7-4-3-5-8-11/h3-5,7-8,10H,2,6,9H2,1H3,(H,14,15)/b13-10+. The minimum atomic E-state index is -0.0261. The molecule has 3 heteroatoms. The van der Waals surface area contributed by atoms with E-state index in [2.05, 4.69) is 10.5 Å². The largest absolute Gasteiger partial charge is 0.273 e. The van der Waals surface area contributed by atoms with Crippen LogP contribution in [-0.2, 0) is 11.2 Å². The second-order valence-corrected chi connectivity index (χ2v) is 3.29. The summed E-state index contributed by atoms with van der Waals surface area (Å²) in [7, 11) is 0. The van der Waals surface area contributed by atoms with Gasteiger partial charge in [0.2, 0.25) is 5.91 Å². The molecule has 0 aliphatic rings. The third kappa shape index (κ3) is 4.96. The van der Waals surface area contributed by atoms with Crippen molar-refractivity contribution in [3.8, 4) is 0 Å². The number of hydrogen-bond acceptors (Lipinski definition) is 2. The number of carbonyl (C=O) groups excluding carboxylic acids is 1. The Balaban J connectivity index is 2.26. The Morgan fingerprint density at radius 1 is 1.40 bits per heavy atom. The van der Waals surface area contributed by atoms with Crippen molar-refractivity contribution in [1.82, 2.24) is 5.43 Å². The van der Waals surface area contributed by atoms with Crippen LogP contribution in [0.5, 0.6) is 0 Å². The van der Waals surface area contributed by atoms with E-state index in [0.29, 0.717) is 6.42 Å². The normalized spacial score (nSPS) is 10.5. The molecule has 0 saturated heterocycles. The molecule has 3 nitrogen and oxygen atoms in total. The fraction of sp³-hybridized carbons (Fsp3) is 0.333. The van der Waals surface area contributed by atoms with Gasteiger partial charge >= 0.3 is 0 Å². The van der Waals surface area contributed by atoms with E-state index in [1.807, 2.05) is 37.3 Å². The van der Waals surface area contributed by atoms with Crippen molar-refractivity contribution in [1.29, 1.82) is 0 Å². The van der Waals surface area contributed by atoms with Crippen LogP contribution in [0.25, 0.3) is 0 Å². The highest BCUT2D eigenvalue weighted by atomic mass is 16.2. The molecule has 0 aromatic heterocycles. The topological polar surface area (TPSA) is 41.5 Å². The Bertz CT molecular complexity index is 320. The lowest BCUT2D eigenvalue weighted by atomic mass is 10.2. The van der Waals surface area contributed by atoms with Gasteiger partial charge < -0.3 is 0 Å². The van der Waals surface area contributed by atoms with Gasteiger partial charge in [-0.05, 0) is 12.0 Å². The molecule has 1 amide bonds. The third-order valence-electron chi connectivity index (χ3n) is 1.93. The van der Waals surface area contributed by atoms with Crippen LogP contribution in [0.4, 0.5) is 0 Å². The van der Waals surface area contributed by atoms with Crippen LogP contribution in [0.15, 0.2) is 35.4 Å². The third-order valence-corrected chi connectivity index (χ3v) is 1.93. The average molecular weight is 204 g/mol. The van der Waals surface area contributed by atoms with Crippen molar-refractivity contribution in [2.75, 3.05) is 0 Å². The van der Waals surface area contributed by atoms with E-state index in [1.54, 1.807) is 6.21 Å². The second kappa shape index (κ2) is 6.76. The summed E-state index contributed by atoms with van der Waals surface area (Å²) in [5.41, 5.74) is 3.67. The van der Waals surface area contributed by atoms with E-state index in [0.717, 1.165) is 12.8 Å². The molecule has 0 radical (unpaired) electrons. The SMILES string of the molecule is CCCC(=O)N/N=C/Cc1ccccc1. The zero-order valence-corrected chi connectivity index (χ0v) is 8.94. The van der Waals surface area contributed by atoms with Gasteiger partial charge in [0.05, 0.1) is 0 Å². The first-order valence-corrected chi connectivity index (χ1v) is 5.17. The zero-order valence-electron chi connectivity index (χ0n) is 8.94. The number of hydrazone groups is 1. The van der Waals surface area contributed by atoms with E-state index < -0.39 is 0 Å². The van der Waals surface area contributed by atoms with Crippen LogP contribution < -0.4 is 5.43 Å². The van der Waals surface area contributed by atoms with E-state index >= 15 is 0 Å². The fourth-order valence-electron chi connectivity index (χ4n) is 1.17. The van der Waals surface area contributed by atoms with Gasteiger partial charge in [-0.25, -0.2) is 5.43 Å². The van der Waals surface area contributed by atoms with Crippen LogP contribution in [0.3, 0.4) is 0 Å². The molecule has 0 fully saturated rings. The van der Waals surface area contributed by atoms with Crippen molar-refractivity contribution < 1.29 is 4.79 Å². The van der Waals surface area contributed by atoms with Crippen LogP contribution in [0, 0.1) is 0 Å². The number of carbonyl (C=O) groups is 1. The van der Waals surface area contributed by atoms with Crippen molar-refractivity contribution >= 4 is 12.1 Å². The van der Waals surface area contributed by atoms with Gasteiger partial charge in [-0.3, -0.25) is 4.79 Å². The predicted octanol–water partition coefficient (Wildman–Crippen LogP) is 2.13. The molecule has 0 aliphatic carbocycles. The number of nitrogens with zero attached hydrogens (tertiary/aromatic N) is 1. The lowest BCUT2D eigenvalue weighted by Gasteiger charge is -1.96. The fourth-order valence-corrected chi connectivity index (χ4v) is 1.17. The van der Waals surface area contributed by atoms with Gasteiger partial charge in [-0.1, -0.05) is 37.3 Å². The summed E-state index contributed by atoms with van der Waals surface area (Å²) in [6.07, 6.45) is 3.83. The lowest BCUT2D eigenvalue weighted by Crippen LogP contribution is -2.16. The maximum atomic E-state index is 11.0. The van der Waals surface area contributed by atoms with Crippen molar-refractivity contribution in [2.24, 2.45) is 5.10 Å².